The van der Waals surface area contributed by atoms with Gasteiger partial charge in [0.2, 0.25) is 6.29 Å². The quantitative estimate of drug-likeness (QED) is 0.121. The fourth-order valence-corrected chi connectivity index (χ4v) is 5.44. The first-order chi connectivity index (χ1) is 20.2. The van der Waals surface area contributed by atoms with Crippen molar-refractivity contribution in [2.45, 2.75) is 63.8 Å². The van der Waals surface area contributed by atoms with Crippen molar-refractivity contribution in [2.75, 3.05) is 27.4 Å². The first-order valence-corrected chi connectivity index (χ1v) is 14.1. The fourth-order valence-electron chi connectivity index (χ4n) is 5.44. The SMILES string of the molecule is CNCOc1c2cc(c3c1O[C@H](O)[C@@H](CCN=C(N)N)C3)CC[C@@H](O)CC(=O)CCc1ccc(O)c(OC)c1C#CC2. The zero-order valence-corrected chi connectivity index (χ0v) is 24.1. The molecule has 226 valence electrons. The van der Waals surface area contributed by atoms with E-state index in [0.29, 0.717) is 55.7 Å². The third kappa shape index (κ3) is 7.45. The van der Waals surface area contributed by atoms with E-state index in [-0.39, 0.29) is 55.2 Å². The van der Waals surface area contributed by atoms with Gasteiger partial charge in [0, 0.05) is 42.9 Å². The van der Waals surface area contributed by atoms with E-state index in [1.807, 2.05) is 6.07 Å². The number of hydrogen-bond donors (Lipinski definition) is 6. The number of carbonyl (C=O) groups is 1. The molecule has 2 aromatic carbocycles. The first kappa shape index (κ1) is 31.0. The molecule has 4 rings (SSSR count). The molecular weight excluding hydrogens is 540 g/mol. The van der Waals surface area contributed by atoms with Crippen LogP contribution in [0.2, 0.25) is 0 Å². The van der Waals surface area contributed by atoms with Crippen molar-refractivity contribution in [3.05, 3.63) is 46.0 Å². The fraction of sp³-hybridized carbons (Fsp3) is 0.484. The van der Waals surface area contributed by atoms with Gasteiger partial charge in [0.05, 0.1) is 18.8 Å². The van der Waals surface area contributed by atoms with Crippen molar-refractivity contribution in [2.24, 2.45) is 22.4 Å². The smallest absolute Gasteiger partial charge is 0.200 e. The number of rotatable bonds is 7. The number of phenolic OH excluding ortho intramolecular Hbond substituents is 1. The Kier molecular flexibility index (Phi) is 10.5. The Bertz CT molecular complexity index is 1380. The second kappa shape index (κ2) is 14.3. The molecule has 1 aliphatic heterocycles. The molecule has 1 heterocycles. The van der Waals surface area contributed by atoms with Crippen LogP contribution in [-0.2, 0) is 30.5 Å². The minimum Gasteiger partial charge on any atom is -0.504 e. The minimum absolute atomic E-state index is 0.0150. The predicted molar refractivity (Wildman–Crippen MR) is 158 cm³/mol. The summed E-state index contributed by atoms with van der Waals surface area (Å²) in [5, 5.41) is 35.1. The number of ether oxygens (including phenoxy) is 3. The van der Waals surface area contributed by atoms with Gasteiger partial charge in [0.15, 0.2) is 29.0 Å². The molecule has 1 aliphatic carbocycles. The van der Waals surface area contributed by atoms with E-state index >= 15 is 0 Å². The van der Waals surface area contributed by atoms with Crippen molar-refractivity contribution in [1.82, 2.24) is 5.32 Å². The number of ketones is 1. The van der Waals surface area contributed by atoms with Gasteiger partial charge < -0.3 is 41.0 Å². The van der Waals surface area contributed by atoms with E-state index in [4.69, 9.17) is 25.7 Å². The van der Waals surface area contributed by atoms with E-state index in [9.17, 15) is 20.1 Å². The number of benzene rings is 2. The standard InChI is InChI=1S/C31H40N4O7/c1-34-17-41-27-20-4-3-5-24-18(8-11-26(38)28(24)40-2)6-9-22(36)16-23(37)10-7-19(14-20)25-15-21(12-13-35-31(32)33)30(39)42-29(25)27/h8,11,14,21,23,30,34,37-39H,4,6-7,9-10,12-13,15-17H2,1-2H3,(H4,32,33,35)/t21-,23+,30-/m0/s1. The van der Waals surface area contributed by atoms with Crippen LogP contribution in [0.3, 0.4) is 0 Å². The van der Waals surface area contributed by atoms with Gasteiger partial charge >= 0.3 is 0 Å². The van der Waals surface area contributed by atoms with Crippen molar-refractivity contribution in [3.63, 3.8) is 0 Å². The number of guanidine groups is 1. The maximum absolute atomic E-state index is 12.8. The third-order valence-corrected chi connectivity index (χ3v) is 7.57. The van der Waals surface area contributed by atoms with Gasteiger partial charge in [-0.2, -0.15) is 0 Å². The molecule has 11 heteroatoms. The number of fused-ring (bicyclic) bond motifs is 5. The monoisotopic (exact) mass is 580 g/mol. The van der Waals surface area contributed by atoms with Gasteiger partial charge in [-0.25, -0.2) is 0 Å². The molecule has 2 bridgehead atoms. The molecule has 0 fully saturated rings. The molecule has 0 radical (unpaired) electrons. The van der Waals surface area contributed by atoms with E-state index in [1.165, 1.54) is 13.2 Å². The summed E-state index contributed by atoms with van der Waals surface area (Å²) in [6.07, 6.45) is 0.873. The average Bonchev–Trinajstić information content (AvgIpc) is 2.95. The number of nitrogens with two attached hydrogens (primary N) is 2. The van der Waals surface area contributed by atoms with Crippen molar-refractivity contribution in [1.29, 1.82) is 0 Å². The maximum atomic E-state index is 12.8. The van der Waals surface area contributed by atoms with Gasteiger partial charge in [-0.3, -0.25) is 15.1 Å². The Morgan fingerprint density at radius 1 is 1.14 bits per heavy atom. The summed E-state index contributed by atoms with van der Waals surface area (Å²) in [5.41, 5.74) is 14.8. The molecule has 0 spiro atoms. The van der Waals surface area contributed by atoms with Crippen molar-refractivity contribution < 1.29 is 34.3 Å². The van der Waals surface area contributed by atoms with Crippen molar-refractivity contribution in [3.8, 4) is 34.8 Å². The Morgan fingerprint density at radius 2 is 1.95 bits per heavy atom. The summed E-state index contributed by atoms with van der Waals surface area (Å²) in [6, 6.07) is 5.27. The summed E-state index contributed by atoms with van der Waals surface area (Å²) in [5.74, 6) is 7.11. The molecule has 8 N–H and O–H groups in total. The Labute approximate surface area is 245 Å². The third-order valence-electron chi connectivity index (χ3n) is 7.57. The first-order valence-electron chi connectivity index (χ1n) is 14.1. The summed E-state index contributed by atoms with van der Waals surface area (Å²) in [4.78, 5) is 16.8. The number of aromatic hydroxyl groups is 1. The molecule has 2 aliphatic rings. The number of carbonyl (C=O) groups excluding carboxylic acids is 1. The lowest BCUT2D eigenvalue weighted by Gasteiger charge is -2.33. The Balaban J connectivity index is 1.81. The molecule has 3 atom stereocenters. The lowest BCUT2D eigenvalue weighted by atomic mass is 9.86. The zero-order chi connectivity index (χ0) is 30.2. The summed E-state index contributed by atoms with van der Waals surface area (Å²) in [7, 11) is 3.22. The number of nitrogens with one attached hydrogen (secondary N) is 1. The number of nitrogens with zero attached hydrogens (tertiary/aromatic N) is 1. The number of methoxy groups -OCH3 is 1. The van der Waals surface area contributed by atoms with Gasteiger partial charge in [0.25, 0.3) is 0 Å². The largest absolute Gasteiger partial charge is 0.504 e. The molecule has 2 aromatic rings. The highest BCUT2D eigenvalue weighted by atomic mass is 16.6. The van der Waals surface area contributed by atoms with Gasteiger partial charge in [-0.15, -0.1) is 0 Å². The van der Waals surface area contributed by atoms with E-state index in [1.54, 1.807) is 13.1 Å². The van der Waals surface area contributed by atoms with E-state index in [0.717, 1.165) is 22.3 Å². The van der Waals surface area contributed by atoms with Crippen LogP contribution in [0.1, 0.15) is 53.5 Å². The number of phenols is 1. The highest BCUT2D eigenvalue weighted by Crippen LogP contribution is 2.44. The molecule has 0 saturated heterocycles. The number of aryl methyl sites for hydroxylation is 2. The zero-order valence-electron chi connectivity index (χ0n) is 24.1. The highest BCUT2D eigenvalue weighted by Gasteiger charge is 2.33. The lowest BCUT2D eigenvalue weighted by Crippen LogP contribution is -2.35. The molecule has 42 heavy (non-hydrogen) atoms. The summed E-state index contributed by atoms with van der Waals surface area (Å²) < 4.78 is 17.6. The molecule has 0 amide bonds. The highest BCUT2D eigenvalue weighted by molar-refractivity contribution is 5.79. The normalized spacial score (nSPS) is 20.4. The Hall–Kier alpha value is -3.98. The van der Waals surface area contributed by atoms with Crippen LogP contribution in [0.4, 0.5) is 0 Å². The second-order valence-electron chi connectivity index (χ2n) is 10.6. The van der Waals surface area contributed by atoms with Gasteiger partial charge in [0.1, 0.15) is 12.5 Å². The van der Waals surface area contributed by atoms with Crippen LogP contribution in [0, 0.1) is 17.8 Å². The van der Waals surface area contributed by atoms with Crippen LogP contribution in [0.5, 0.6) is 23.0 Å². The van der Waals surface area contributed by atoms with Crippen molar-refractivity contribution >= 4 is 11.7 Å². The molecule has 11 nitrogen and oxygen atoms in total. The average molecular weight is 581 g/mol. The Morgan fingerprint density at radius 3 is 2.69 bits per heavy atom. The number of Topliss-reactive ketones (excluding diaryl/α,β-unsaturated/α-hetero) is 1. The summed E-state index contributed by atoms with van der Waals surface area (Å²) >= 11 is 0. The van der Waals surface area contributed by atoms with E-state index < -0.39 is 12.4 Å². The minimum atomic E-state index is -1.10. The van der Waals surface area contributed by atoms with Crippen LogP contribution in [0.15, 0.2) is 23.2 Å². The molecular formula is C31H40N4O7. The number of aliphatic hydroxyl groups excluding tert-OH is 2. The topological polar surface area (TPSA) is 182 Å². The van der Waals surface area contributed by atoms with Gasteiger partial charge in [-0.1, -0.05) is 24.0 Å². The van der Waals surface area contributed by atoms with Gasteiger partial charge in [-0.05, 0) is 56.3 Å². The summed E-state index contributed by atoms with van der Waals surface area (Å²) in [6.45, 7) is 0.543. The maximum Gasteiger partial charge on any atom is 0.200 e. The second-order valence-corrected chi connectivity index (χ2v) is 10.6. The number of aliphatic hydroxyl groups is 2. The van der Waals surface area contributed by atoms with Crippen LogP contribution in [-0.4, -0.2) is 66.9 Å². The predicted octanol–water partition coefficient (Wildman–Crippen LogP) is 1.28. The van der Waals surface area contributed by atoms with Crippen LogP contribution in [0.25, 0.3) is 0 Å². The lowest BCUT2D eigenvalue weighted by molar-refractivity contribution is -0.121. The molecule has 0 aromatic heterocycles. The number of hydrogen-bond acceptors (Lipinski definition) is 9. The van der Waals surface area contributed by atoms with Crippen LogP contribution >= 0.6 is 0 Å². The van der Waals surface area contributed by atoms with E-state index in [2.05, 4.69) is 22.2 Å². The molecule has 0 unspecified atom stereocenters. The van der Waals surface area contributed by atoms with Crippen LogP contribution < -0.4 is 31.0 Å². The number of aliphatic imine (C=N–C) groups is 1. The molecule has 0 saturated carbocycles.